The number of halogens is 3. The fourth-order valence-corrected chi connectivity index (χ4v) is 3.78. The average Bonchev–Trinajstić information content (AvgIpc) is 2.65. The summed E-state index contributed by atoms with van der Waals surface area (Å²) < 4.78 is 78.4. The number of aryl methyl sites for hydroxylation is 1. The van der Waals surface area contributed by atoms with E-state index in [1.54, 1.807) is 0 Å². The molecule has 1 aliphatic rings. The minimum atomic E-state index is -5.14. The lowest BCUT2D eigenvalue weighted by atomic mass is 9.82. The van der Waals surface area contributed by atoms with Gasteiger partial charge in [-0.1, -0.05) is 29.8 Å². The Kier molecular flexibility index (Phi) is 7.87. The average molecular weight is 452 g/mol. The first kappa shape index (κ1) is 24.1. The first-order valence-corrected chi connectivity index (χ1v) is 10.9. The Hall–Kier alpha value is -2.14. The van der Waals surface area contributed by atoms with Crippen LogP contribution in [0.3, 0.4) is 0 Å². The third-order valence-corrected chi connectivity index (χ3v) is 5.61. The molecule has 2 rings (SSSR count). The Bertz CT molecular complexity index is 842. The molecular weight excluding hydrogens is 429 g/mol. The summed E-state index contributed by atoms with van der Waals surface area (Å²) in [6.07, 6.45) is -7.39. The molecule has 1 unspecified atom stereocenters. The van der Waals surface area contributed by atoms with Crippen molar-refractivity contribution in [3.05, 3.63) is 35.4 Å². The molecule has 1 aliphatic carbocycles. The lowest BCUT2D eigenvalue weighted by Crippen LogP contribution is -2.41. The number of carbonyl (C=O) groups is 2. The maximum atomic E-state index is 12.9. The van der Waals surface area contributed by atoms with Crippen molar-refractivity contribution in [1.29, 1.82) is 0 Å². The predicted octanol–water partition coefficient (Wildman–Crippen LogP) is 3.21. The molecule has 0 amide bonds. The summed E-state index contributed by atoms with van der Waals surface area (Å²) in [7, 11) is -4.99. The molecule has 0 saturated heterocycles. The van der Waals surface area contributed by atoms with Crippen LogP contribution in [0.1, 0.15) is 36.8 Å². The van der Waals surface area contributed by atoms with Crippen LogP contribution in [0.4, 0.5) is 13.2 Å². The normalized spacial score (nSPS) is 21.0. The van der Waals surface area contributed by atoms with E-state index in [1.165, 1.54) is 0 Å². The van der Waals surface area contributed by atoms with Gasteiger partial charge in [-0.15, -0.1) is 0 Å². The zero-order valence-electron chi connectivity index (χ0n) is 16.2. The molecule has 1 aromatic rings. The summed E-state index contributed by atoms with van der Waals surface area (Å²) in [5.74, 6) is -4.77. The Morgan fingerprint density at radius 1 is 1.07 bits per heavy atom. The molecule has 1 atom stereocenters. The molecule has 7 nitrogen and oxygen atoms in total. The highest BCUT2D eigenvalue weighted by molar-refractivity contribution is 7.85. The van der Waals surface area contributed by atoms with Crippen LogP contribution in [0, 0.1) is 18.8 Å². The number of esters is 2. The highest BCUT2D eigenvalue weighted by atomic mass is 32.2. The molecule has 168 valence electrons. The lowest BCUT2D eigenvalue weighted by Gasteiger charge is -2.28. The van der Waals surface area contributed by atoms with Crippen molar-refractivity contribution in [2.45, 2.75) is 51.5 Å². The van der Waals surface area contributed by atoms with Crippen molar-refractivity contribution in [2.24, 2.45) is 11.8 Å². The molecule has 1 N–H and O–H groups in total. The zero-order valence-corrected chi connectivity index (χ0v) is 17.0. The van der Waals surface area contributed by atoms with Crippen LogP contribution in [0.5, 0.6) is 0 Å². The van der Waals surface area contributed by atoms with Gasteiger partial charge in [0, 0.05) is 0 Å². The van der Waals surface area contributed by atoms with Gasteiger partial charge in [-0.2, -0.15) is 21.6 Å². The van der Waals surface area contributed by atoms with E-state index >= 15 is 0 Å². The summed E-state index contributed by atoms with van der Waals surface area (Å²) in [6.45, 7) is 2.03. The van der Waals surface area contributed by atoms with Crippen molar-refractivity contribution in [3.8, 4) is 0 Å². The van der Waals surface area contributed by atoms with E-state index in [0.29, 0.717) is 0 Å². The van der Waals surface area contributed by atoms with E-state index in [1.807, 2.05) is 31.2 Å². The Balaban J connectivity index is 1.84. The van der Waals surface area contributed by atoms with E-state index in [0.717, 1.165) is 11.1 Å². The predicted molar refractivity (Wildman–Crippen MR) is 98.8 cm³/mol. The second kappa shape index (κ2) is 9.78. The van der Waals surface area contributed by atoms with E-state index in [2.05, 4.69) is 4.74 Å². The molecule has 1 fully saturated rings. The highest BCUT2D eigenvalue weighted by Gasteiger charge is 2.46. The fourth-order valence-electron chi connectivity index (χ4n) is 3.14. The molecule has 0 bridgehead atoms. The smallest absolute Gasteiger partial charge is 0.426 e. The van der Waals surface area contributed by atoms with Crippen LogP contribution in [0.25, 0.3) is 0 Å². The first-order valence-electron chi connectivity index (χ1n) is 9.29. The molecule has 0 heterocycles. The Morgan fingerprint density at radius 2 is 1.57 bits per heavy atom. The SMILES string of the molecule is Cc1ccc(COC(=O)C2CCC(C(=O)OC(CS(=O)(=O)O)C(F)(F)F)CC2)cc1. The van der Waals surface area contributed by atoms with Crippen molar-refractivity contribution < 1.29 is 45.2 Å². The largest absolute Gasteiger partial charge is 0.461 e. The number of benzene rings is 1. The van der Waals surface area contributed by atoms with Crippen LogP contribution in [0.15, 0.2) is 24.3 Å². The number of ether oxygens (including phenoxy) is 2. The summed E-state index contributed by atoms with van der Waals surface area (Å²) in [4.78, 5) is 24.2. The summed E-state index contributed by atoms with van der Waals surface area (Å²) >= 11 is 0. The Morgan fingerprint density at radius 3 is 2.03 bits per heavy atom. The van der Waals surface area contributed by atoms with Gasteiger partial charge in [0.05, 0.1) is 11.8 Å². The van der Waals surface area contributed by atoms with Crippen molar-refractivity contribution in [2.75, 3.05) is 5.75 Å². The van der Waals surface area contributed by atoms with Gasteiger partial charge in [0.25, 0.3) is 10.1 Å². The van der Waals surface area contributed by atoms with Crippen molar-refractivity contribution in [1.82, 2.24) is 0 Å². The van der Waals surface area contributed by atoms with Crippen LogP contribution >= 0.6 is 0 Å². The number of alkyl halides is 3. The van der Waals surface area contributed by atoms with E-state index < -0.39 is 51.9 Å². The molecule has 0 aliphatic heterocycles. The summed E-state index contributed by atoms with van der Waals surface area (Å²) in [6, 6.07) is 7.44. The fraction of sp³-hybridized carbons (Fsp3) is 0.579. The monoisotopic (exact) mass is 452 g/mol. The second-order valence-corrected chi connectivity index (χ2v) is 8.85. The maximum absolute atomic E-state index is 12.9. The summed E-state index contributed by atoms with van der Waals surface area (Å²) in [5, 5.41) is 0. The van der Waals surface area contributed by atoms with Crippen molar-refractivity contribution >= 4 is 22.1 Å². The van der Waals surface area contributed by atoms with E-state index in [4.69, 9.17) is 9.29 Å². The third kappa shape index (κ3) is 7.60. The van der Waals surface area contributed by atoms with Gasteiger partial charge in [-0.05, 0) is 38.2 Å². The molecule has 0 aromatic heterocycles. The van der Waals surface area contributed by atoms with Gasteiger partial charge in [0.1, 0.15) is 12.4 Å². The molecule has 1 saturated carbocycles. The Labute approximate surface area is 172 Å². The van der Waals surface area contributed by atoms with Gasteiger partial charge in [-0.25, -0.2) is 0 Å². The van der Waals surface area contributed by atoms with Crippen LogP contribution < -0.4 is 0 Å². The van der Waals surface area contributed by atoms with Gasteiger partial charge in [-0.3, -0.25) is 14.1 Å². The third-order valence-electron chi connectivity index (χ3n) is 4.88. The standard InChI is InChI=1S/C19H23F3O7S/c1-12-2-4-13(5-3-12)10-28-17(23)14-6-8-15(9-7-14)18(24)29-16(19(20,21)22)11-30(25,26)27/h2-5,14-16H,6-11H2,1H3,(H,25,26,27). The number of carbonyl (C=O) groups excluding carboxylic acids is 2. The van der Waals surface area contributed by atoms with Crippen LogP contribution in [-0.2, 0) is 35.8 Å². The van der Waals surface area contributed by atoms with Gasteiger partial charge in [0.2, 0.25) is 6.10 Å². The molecule has 30 heavy (non-hydrogen) atoms. The van der Waals surface area contributed by atoms with Crippen LogP contribution in [0.2, 0.25) is 0 Å². The maximum Gasteiger partial charge on any atom is 0.426 e. The molecular formula is C19H23F3O7S. The van der Waals surface area contributed by atoms with Crippen molar-refractivity contribution in [3.63, 3.8) is 0 Å². The first-order chi connectivity index (χ1) is 13.8. The summed E-state index contributed by atoms with van der Waals surface area (Å²) in [5.41, 5.74) is 1.89. The van der Waals surface area contributed by atoms with Gasteiger partial charge < -0.3 is 9.47 Å². The van der Waals surface area contributed by atoms with E-state index in [-0.39, 0.29) is 32.3 Å². The lowest BCUT2D eigenvalue weighted by molar-refractivity contribution is -0.218. The minimum absolute atomic E-state index is 0.101. The quantitative estimate of drug-likeness (QED) is 0.500. The second-order valence-electron chi connectivity index (χ2n) is 7.36. The number of rotatable bonds is 7. The number of hydrogen-bond donors (Lipinski definition) is 1. The molecule has 0 spiro atoms. The van der Waals surface area contributed by atoms with Crippen LogP contribution in [-0.4, -0.2) is 42.9 Å². The minimum Gasteiger partial charge on any atom is -0.461 e. The van der Waals surface area contributed by atoms with Gasteiger partial charge >= 0.3 is 18.1 Å². The molecule has 1 aromatic carbocycles. The molecule has 11 heteroatoms. The zero-order chi connectivity index (χ0) is 22.5. The molecule has 0 radical (unpaired) electrons. The highest BCUT2D eigenvalue weighted by Crippen LogP contribution is 2.32. The topological polar surface area (TPSA) is 107 Å². The van der Waals surface area contributed by atoms with E-state index in [9.17, 15) is 31.2 Å². The van der Waals surface area contributed by atoms with Gasteiger partial charge in [0.15, 0.2) is 0 Å². The number of hydrogen-bond acceptors (Lipinski definition) is 6.